The van der Waals surface area contributed by atoms with E-state index >= 15 is 0 Å². The lowest BCUT2D eigenvalue weighted by Gasteiger charge is -2.10. The number of carbonyl (C=O) groups is 2. The van der Waals surface area contributed by atoms with Gasteiger partial charge in [0, 0.05) is 39.2 Å². The average Bonchev–Trinajstić information content (AvgIpc) is 2.84. The zero-order chi connectivity index (χ0) is 24.3. The van der Waals surface area contributed by atoms with Crippen LogP contribution in [0.1, 0.15) is 27.9 Å². The number of nitrogens with zero attached hydrogens (tertiary/aromatic N) is 1. The van der Waals surface area contributed by atoms with Crippen LogP contribution in [0.15, 0.2) is 76.3 Å². The molecule has 0 fully saturated rings. The van der Waals surface area contributed by atoms with Crippen LogP contribution in [0.2, 0.25) is 5.02 Å². The van der Waals surface area contributed by atoms with E-state index in [0.717, 1.165) is 10.0 Å². The molecule has 0 aromatic heterocycles. The molecule has 0 saturated carbocycles. The molecule has 0 atom stereocenters. The molecule has 2 N–H and O–H groups in total. The Labute approximate surface area is 211 Å². The Hall–Kier alpha value is -3.36. The molecule has 7 nitrogen and oxygen atoms in total. The van der Waals surface area contributed by atoms with Gasteiger partial charge in [0.2, 0.25) is 5.91 Å². The smallest absolute Gasteiger partial charge is 0.251 e. The number of hydrogen-bond donors (Lipinski definition) is 2. The van der Waals surface area contributed by atoms with Gasteiger partial charge in [-0.15, -0.1) is 0 Å². The van der Waals surface area contributed by atoms with E-state index in [-0.39, 0.29) is 24.8 Å². The van der Waals surface area contributed by atoms with Crippen molar-refractivity contribution in [2.45, 2.75) is 13.0 Å². The van der Waals surface area contributed by atoms with Gasteiger partial charge in [0.25, 0.3) is 5.91 Å². The van der Waals surface area contributed by atoms with Crippen molar-refractivity contribution in [3.05, 3.63) is 92.9 Å². The minimum atomic E-state index is -0.334. The molecule has 3 rings (SSSR count). The van der Waals surface area contributed by atoms with E-state index in [1.807, 2.05) is 30.3 Å². The normalized spacial score (nSPS) is 10.7. The van der Waals surface area contributed by atoms with E-state index in [0.29, 0.717) is 34.3 Å². The van der Waals surface area contributed by atoms with E-state index in [4.69, 9.17) is 21.1 Å². The van der Waals surface area contributed by atoms with Crippen molar-refractivity contribution in [3.63, 3.8) is 0 Å². The quantitative estimate of drug-likeness (QED) is 0.279. The van der Waals surface area contributed by atoms with Gasteiger partial charge in [0.05, 0.1) is 13.3 Å². The molecule has 0 unspecified atom stereocenters. The molecule has 0 saturated heterocycles. The van der Waals surface area contributed by atoms with Crippen LogP contribution in [0, 0.1) is 0 Å². The SMILES string of the molecule is COc1ccc(C(=O)NCCC(=O)NN=Cc2cc(Br)ccc2OCc2ccccc2Cl)cc1. The van der Waals surface area contributed by atoms with E-state index in [2.05, 4.69) is 31.8 Å². The van der Waals surface area contributed by atoms with Gasteiger partial charge in [0.15, 0.2) is 0 Å². The van der Waals surface area contributed by atoms with E-state index < -0.39 is 0 Å². The first kappa shape index (κ1) is 25.3. The van der Waals surface area contributed by atoms with Gasteiger partial charge in [-0.3, -0.25) is 9.59 Å². The van der Waals surface area contributed by atoms with Crippen molar-refractivity contribution < 1.29 is 19.1 Å². The van der Waals surface area contributed by atoms with Gasteiger partial charge >= 0.3 is 0 Å². The topological polar surface area (TPSA) is 89.0 Å². The molecule has 176 valence electrons. The van der Waals surface area contributed by atoms with Gasteiger partial charge in [-0.2, -0.15) is 5.10 Å². The fourth-order valence-corrected chi connectivity index (χ4v) is 3.46. The Kier molecular flexibility index (Phi) is 9.49. The average molecular weight is 545 g/mol. The predicted octanol–water partition coefficient (Wildman–Crippen LogP) is 4.96. The van der Waals surface area contributed by atoms with Crippen LogP contribution >= 0.6 is 27.5 Å². The van der Waals surface area contributed by atoms with Crippen LogP contribution in [0.5, 0.6) is 11.5 Å². The third-order valence-electron chi connectivity index (χ3n) is 4.70. The number of benzene rings is 3. The monoisotopic (exact) mass is 543 g/mol. The van der Waals surface area contributed by atoms with Gasteiger partial charge in [-0.1, -0.05) is 45.7 Å². The first-order valence-electron chi connectivity index (χ1n) is 10.4. The Bertz CT molecular complexity index is 1170. The zero-order valence-corrected chi connectivity index (χ0v) is 20.7. The summed E-state index contributed by atoms with van der Waals surface area (Å²) in [6.45, 7) is 0.470. The number of carbonyl (C=O) groups excluding carboxylic acids is 2. The number of ether oxygens (including phenoxy) is 2. The number of nitrogens with one attached hydrogen (secondary N) is 2. The summed E-state index contributed by atoms with van der Waals surface area (Å²) < 4.78 is 11.8. The Morgan fingerprint density at radius 2 is 1.85 bits per heavy atom. The van der Waals surface area contributed by atoms with Crippen molar-refractivity contribution in [2.75, 3.05) is 13.7 Å². The number of methoxy groups -OCH3 is 1. The Morgan fingerprint density at radius 1 is 1.09 bits per heavy atom. The van der Waals surface area contributed by atoms with Crippen LogP contribution in [-0.2, 0) is 11.4 Å². The van der Waals surface area contributed by atoms with E-state index in [1.165, 1.54) is 6.21 Å². The maximum atomic E-state index is 12.1. The van der Waals surface area contributed by atoms with Gasteiger partial charge in [-0.25, -0.2) is 5.43 Å². The summed E-state index contributed by atoms with van der Waals surface area (Å²) in [5.41, 5.74) is 4.48. The first-order chi connectivity index (χ1) is 16.5. The second kappa shape index (κ2) is 12.8. The molecule has 0 bridgehead atoms. The molecule has 0 aliphatic carbocycles. The highest BCUT2D eigenvalue weighted by atomic mass is 79.9. The third-order valence-corrected chi connectivity index (χ3v) is 5.56. The number of halogens is 2. The maximum Gasteiger partial charge on any atom is 0.251 e. The van der Waals surface area contributed by atoms with Gasteiger partial charge in [-0.05, 0) is 48.5 Å². The van der Waals surface area contributed by atoms with Crippen LogP contribution in [0.25, 0.3) is 0 Å². The van der Waals surface area contributed by atoms with E-state index in [9.17, 15) is 9.59 Å². The van der Waals surface area contributed by atoms with Crippen molar-refractivity contribution >= 4 is 45.6 Å². The standard InChI is InChI=1S/C25H23BrClN3O4/c1-33-21-9-6-17(7-10-21)25(32)28-13-12-24(31)30-29-15-19-14-20(26)8-11-23(19)34-16-18-4-2-3-5-22(18)27/h2-11,14-15H,12-13,16H2,1H3,(H,28,32)(H,30,31). The third kappa shape index (κ3) is 7.60. The molecular formula is C25H23BrClN3O4. The molecule has 3 aromatic rings. The fraction of sp³-hybridized carbons (Fsp3) is 0.160. The minimum absolute atomic E-state index is 0.0770. The summed E-state index contributed by atoms with van der Waals surface area (Å²) >= 11 is 9.62. The summed E-state index contributed by atoms with van der Waals surface area (Å²) in [6, 6.07) is 19.6. The minimum Gasteiger partial charge on any atom is -0.497 e. The molecule has 9 heteroatoms. The first-order valence-corrected chi connectivity index (χ1v) is 11.5. The summed E-state index contributed by atoms with van der Waals surface area (Å²) in [4.78, 5) is 24.2. The summed E-state index contributed by atoms with van der Waals surface area (Å²) in [5, 5.41) is 7.34. The van der Waals surface area contributed by atoms with Crippen molar-refractivity contribution in [2.24, 2.45) is 5.10 Å². The molecule has 0 aliphatic heterocycles. The Balaban J connectivity index is 1.49. The summed E-state index contributed by atoms with van der Waals surface area (Å²) in [7, 11) is 1.56. The predicted molar refractivity (Wildman–Crippen MR) is 136 cm³/mol. The molecular weight excluding hydrogens is 522 g/mol. The number of rotatable bonds is 10. The lowest BCUT2D eigenvalue weighted by Crippen LogP contribution is -2.29. The lowest BCUT2D eigenvalue weighted by molar-refractivity contribution is -0.120. The molecule has 0 aliphatic rings. The van der Waals surface area contributed by atoms with Crippen LogP contribution in [-0.4, -0.2) is 31.7 Å². The summed E-state index contributed by atoms with van der Waals surface area (Å²) in [5.74, 6) is 0.651. The number of amides is 2. The molecule has 0 radical (unpaired) electrons. The molecule has 3 aromatic carbocycles. The van der Waals surface area contributed by atoms with Crippen LogP contribution in [0.3, 0.4) is 0 Å². The molecule has 2 amide bonds. The van der Waals surface area contributed by atoms with Crippen LogP contribution in [0.4, 0.5) is 0 Å². The molecule has 0 heterocycles. The highest BCUT2D eigenvalue weighted by Gasteiger charge is 2.08. The fourth-order valence-electron chi connectivity index (χ4n) is 2.89. The second-order valence-corrected chi connectivity index (χ2v) is 8.41. The maximum absolute atomic E-state index is 12.1. The van der Waals surface area contributed by atoms with Gasteiger partial charge in [0.1, 0.15) is 18.1 Å². The number of hydrazone groups is 1. The lowest BCUT2D eigenvalue weighted by atomic mass is 10.2. The van der Waals surface area contributed by atoms with Crippen molar-refractivity contribution in [3.8, 4) is 11.5 Å². The second-order valence-electron chi connectivity index (χ2n) is 7.09. The molecule has 34 heavy (non-hydrogen) atoms. The van der Waals surface area contributed by atoms with Gasteiger partial charge < -0.3 is 14.8 Å². The molecule has 0 spiro atoms. The highest BCUT2D eigenvalue weighted by molar-refractivity contribution is 9.10. The van der Waals surface area contributed by atoms with Crippen molar-refractivity contribution in [1.29, 1.82) is 0 Å². The Morgan fingerprint density at radius 3 is 2.59 bits per heavy atom. The largest absolute Gasteiger partial charge is 0.497 e. The van der Waals surface area contributed by atoms with Crippen molar-refractivity contribution in [1.82, 2.24) is 10.7 Å². The summed E-state index contributed by atoms with van der Waals surface area (Å²) in [6.07, 6.45) is 1.58. The zero-order valence-electron chi connectivity index (χ0n) is 18.4. The van der Waals surface area contributed by atoms with E-state index in [1.54, 1.807) is 43.5 Å². The highest BCUT2D eigenvalue weighted by Crippen LogP contribution is 2.24. The van der Waals surface area contributed by atoms with Crippen LogP contribution < -0.4 is 20.2 Å². The number of hydrogen-bond acceptors (Lipinski definition) is 5.